The van der Waals surface area contributed by atoms with Crippen LogP contribution in [0.15, 0.2) is 26.4 Å². The molecule has 0 bridgehead atoms. The van der Waals surface area contributed by atoms with Crippen LogP contribution in [0.5, 0.6) is 0 Å². The van der Waals surface area contributed by atoms with Crippen molar-refractivity contribution in [3.05, 3.63) is 43.2 Å². The Morgan fingerprint density at radius 1 is 1.27 bits per heavy atom. The number of nitrogens with zero attached hydrogens (tertiary/aromatic N) is 2. The van der Waals surface area contributed by atoms with Gasteiger partial charge in [0, 0.05) is 13.1 Å². The Kier molecular flexibility index (Phi) is 7.20. The van der Waals surface area contributed by atoms with Gasteiger partial charge in [0.2, 0.25) is 5.91 Å². The summed E-state index contributed by atoms with van der Waals surface area (Å²) in [5, 5.41) is 3.82. The Hall–Kier alpha value is -2.35. The molecule has 0 unspecified atom stereocenters. The molecule has 0 aliphatic rings. The number of unbranched alkanes of at least 4 members (excludes halogenated alkanes) is 2. The fourth-order valence-electron chi connectivity index (χ4n) is 2.72. The SMILES string of the molecule is CCCCN(C(=O)Cc1ccsc1)c1c(N)n(CCCC)c(=O)[nH]c1=O. The number of aromatic nitrogens is 2. The van der Waals surface area contributed by atoms with E-state index in [9.17, 15) is 14.4 Å². The summed E-state index contributed by atoms with van der Waals surface area (Å²) >= 11 is 1.52. The van der Waals surface area contributed by atoms with Gasteiger partial charge in [0.15, 0.2) is 5.69 Å². The second-order valence-corrected chi connectivity index (χ2v) is 6.99. The number of nitrogens with two attached hydrogens (primary N) is 1. The van der Waals surface area contributed by atoms with Gasteiger partial charge in [-0.05, 0) is 35.2 Å². The minimum absolute atomic E-state index is 0.0574. The number of carbonyl (C=O) groups excluding carboxylic acids is 1. The van der Waals surface area contributed by atoms with Crippen LogP contribution in [0.25, 0.3) is 0 Å². The summed E-state index contributed by atoms with van der Waals surface area (Å²) in [5.74, 6) is -0.142. The van der Waals surface area contributed by atoms with Gasteiger partial charge in [0.25, 0.3) is 5.56 Å². The third-order valence-electron chi connectivity index (χ3n) is 4.19. The van der Waals surface area contributed by atoms with E-state index in [0.717, 1.165) is 31.2 Å². The van der Waals surface area contributed by atoms with Crippen LogP contribution in [0.1, 0.15) is 45.1 Å². The van der Waals surface area contributed by atoms with Crippen molar-refractivity contribution < 1.29 is 4.79 Å². The lowest BCUT2D eigenvalue weighted by atomic mass is 10.2. The molecule has 0 aliphatic carbocycles. The van der Waals surface area contributed by atoms with E-state index in [-0.39, 0.29) is 23.8 Å². The first-order valence-electron chi connectivity index (χ1n) is 8.93. The predicted octanol–water partition coefficient (Wildman–Crippen LogP) is 2.36. The number of nitrogen functional groups attached to an aromatic ring is 1. The molecule has 1 amide bonds. The smallest absolute Gasteiger partial charge is 0.330 e. The number of carbonyl (C=O) groups is 1. The monoisotopic (exact) mass is 378 g/mol. The summed E-state index contributed by atoms with van der Waals surface area (Å²) in [4.78, 5) is 41.2. The summed E-state index contributed by atoms with van der Waals surface area (Å²) in [7, 11) is 0. The molecule has 7 nitrogen and oxygen atoms in total. The summed E-state index contributed by atoms with van der Waals surface area (Å²) in [6, 6.07) is 1.89. The van der Waals surface area contributed by atoms with Gasteiger partial charge >= 0.3 is 5.69 Å². The van der Waals surface area contributed by atoms with Crippen LogP contribution >= 0.6 is 11.3 Å². The van der Waals surface area contributed by atoms with Crippen molar-refractivity contribution in [1.82, 2.24) is 9.55 Å². The molecule has 142 valence electrons. The molecule has 2 aromatic heterocycles. The Balaban J connectivity index is 2.44. The van der Waals surface area contributed by atoms with Crippen molar-refractivity contribution in [1.29, 1.82) is 0 Å². The molecule has 0 radical (unpaired) electrons. The Labute approximate surface area is 156 Å². The van der Waals surface area contributed by atoms with Gasteiger partial charge in [-0.3, -0.25) is 19.1 Å². The van der Waals surface area contributed by atoms with Gasteiger partial charge < -0.3 is 10.6 Å². The third kappa shape index (κ3) is 4.63. The molecule has 0 saturated carbocycles. The average molecular weight is 378 g/mol. The molecular formula is C18H26N4O3S. The summed E-state index contributed by atoms with van der Waals surface area (Å²) < 4.78 is 1.34. The lowest BCUT2D eigenvalue weighted by Gasteiger charge is -2.24. The number of anilines is 2. The molecule has 8 heteroatoms. The summed E-state index contributed by atoms with van der Waals surface area (Å²) in [6.45, 7) is 4.81. The molecule has 0 fully saturated rings. The number of rotatable bonds is 9. The van der Waals surface area contributed by atoms with Gasteiger partial charge in [-0.1, -0.05) is 26.7 Å². The third-order valence-corrected chi connectivity index (χ3v) is 4.92. The maximum absolute atomic E-state index is 12.9. The second kappa shape index (κ2) is 9.38. The number of aromatic amines is 1. The predicted molar refractivity (Wildman–Crippen MR) is 106 cm³/mol. The second-order valence-electron chi connectivity index (χ2n) is 6.21. The van der Waals surface area contributed by atoms with Crippen LogP contribution in [0.3, 0.4) is 0 Å². The quantitative estimate of drug-likeness (QED) is 0.699. The highest BCUT2D eigenvalue weighted by molar-refractivity contribution is 7.08. The first kappa shape index (κ1) is 20.0. The first-order chi connectivity index (χ1) is 12.5. The van der Waals surface area contributed by atoms with Crippen molar-refractivity contribution in [2.75, 3.05) is 17.2 Å². The summed E-state index contributed by atoms with van der Waals surface area (Å²) in [6.07, 6.45) is 3.45. The number of thiophene rings is 1. The van der Waals surface area contributed by atoms with Gasteiger partial charge in [0.05, 0.1) is 6.42 Å². The van der Waals surface area contributed by atoms with Crippen molar-refractivity contribution in [2.24, 2.45) is 0 Å². The van der Waals surface area contributed by atoms with Gasteiger partial charge in [-0.2, -0.15) is 11.3 Å². The number of H-pyrrole nitrogens is 1. The molecule has 0 saturated heterocycles. The van der Waals surface area contributed by atoms with Crippen LogP contribution in [0, 0.1) is 0 Å². The fourth-order valence-corrected chi connectivity index (χ4v) is 3.39. The zero-order valence-corrected chi connectivity index (χ0v) is 16.1. The van der Waals surface area contributed by atoms with E-state index >= 15 is 0 Å². The number of nitrogens with one attached hydrogen (secondary N) is 1. The van der Waals surface area contributed by atoms with Crippen LogP contribution in [0.4, 0.5) is 11.5 Å². The van der Waals surface area contributed by atoms with Crippen molar-refractivity contribution in [3.63, 3.8) is 0 Å². The molecule has 0 atom stereocenters. The molecule has 26 heavy (non-hydrogen) atoms. The molecular weight excluding hydrogens is 352 g/mol. The van der Waals surface area contributed by atoms with Crippen LogP contribution in [0.2, 0.25) is 0 Å². The van der Waals surface area contributed by atoms with Gasteiger partial charge in [0.1, 0.15) is 5.82 Å². The van der Waals surface area contributed by atoms with E-state index in [0.29, 0.717) is 13.1 Å². The zero-order valence-electron chi connectivity index (χ0n) is 15.3. The van der Waals surface area contributed by atoms with Crippen molar-refractivity contribution >= 4 is 28.7 Å². The molecule has 2 heterocycles. The average Bonchev–Trinajstić information content (AvgIpc) is 3.10. The summed E-state index contributed by atoms with van der Waals surface area (Å²) in [5.41, 5.74) is 5.99. The zero-order chi connectivity index (χ0) is 19.1. The Morgan fingerprint density at radius 3 is 2.62 bits per heavy atom. The van der Waals surface area contributed by atoms with Crippen LogP contribution in [-0.2, 0) is 17.8 Å². The van der Waals surface area contributed by atoms with E-state index < -0.39 is 11.2 Å². The van der Waals surface area contributed by atoms with Gasteiger partial charge in [-0.25, -0.2) is 4.79 Å². The standard InChI is InChI=1S/C18H26N4O3S/c1-3-5-8-21(14(23)11-13-7-10-26-12-13)15-16(19)22(9-6-4-2)18(25)20-17(15)24/h7,10,12H,3-6,8-9,11,19H2,1-2H3,(H,20,24,25). The molecule has 0 aromatic carbocycles. The van der Waals surface area contributed by atoms with Crippen LogP contribution in [-0.4, -0.2) is 22.0 Å². The number of amides is 1. The van der Waals surface area contributed by atoms with E-state index in [1.54, 1.807) is 0 Å². The van der Waals surface area contributed by atoms with E-state index in [4.69, 9.17) is 5.73 Å². The van der Waals surface area contributed by atoms with Crippen molar-refractivity contribution in [3.8, 4) is 0 Å². The van der Waals surface area contributed by atoms with Crippen LogP contribution < -0.4 is 21.9 Å². The fraction of sp³-hybridized carbons (Fsp3) is 0.500. The number of hydrogen-bond donors (Lipinski definition) is 2. The first-order valence-corrected chi connectivity index (χ1v) is 9.87. The molecule has 0 aliphatic heterocycles. The molecule has 3 N–H and O–H groups in total. The maximum atomic E-state index is 12.9. The molecule has 0 spiro atoms. The maximum Gasteiger partial charge on any atom is 0.330 e. The largest absolute Gasteiger partial charge is 0.383 e. The number of hydrogen-bond acceptors (Lipinski definition) is 5. The highest BCUT2D eigenvalue weighted by Crippen LogP contribution is 2.20. The van der Waals surface area contributed by atoms with E-state index in [1.165, 1.54) is 20.8 Å². The topological polar surface area (TPSA) is 101 Å². The normalized spacial score (nSPS) is 10.8. The van der Waals surface area contributed by atoms with Gasteiger partial charge in [-0.15, -0.1) is 0 Å². The minimum atomic E-state index is -0.616. The Bertz CT molecular complexity index is 839. The minimum Gasteiger partial charge on any atom is -0.383 e. The highest BCUT2D eigenvalue weighted by Gasteiger charge is 2.24. The highest BCUT2D eigenvalue weighted by atomic mass is 32.1. The lowest BCUT2D eigenvalue weighted by Crippen LogP contribution is -2.42. The Morgan fingerprint density at radius 2 is 2.00 bits per heavy atom. The lowest BCUT2D eigenvalue weighted by molar-refractivity contribution is -0.118. The van der Waals surface area contributed by atoms with Crippen molar-refractivity contribution in [2.45, 2.75) is 52.5 Å². The molecule has 2 aromatic rings. The van der Waals surface area contributed by atoms with E-state index in [2.05, 4.69) is 4.98 Å². The van der Waals surface area contributed by atoms with E-state index in [1.807, 2.05) is 30.7 Å². The molecule has 2 rings (SSSR count).